The summed E-state index contributed by atoms with van der Waals surface area (Å²) >= 11 is 1.42. The van der Waals surface area contributed by atoms with Crippen LogP contribution in [0.1, 0.15) is 18.5 Å². The topological polar surface area (TPSA) is 79.4 Å². The fourth-order valence-electron chi connectivity index (χ4n) is 2.50. The molecule has 8 heteroatoms. The number of amides is 2. The van der Waals surface area contributed by atoms with Crippen LogP contribution in [0, 0.1) is 0 Å². The lowest BCUT2D eigenvalue weighted by molar-refractivity contribution is 0.208. The van der Waals surface area contributed by atoms with Crippen molar-refractivity contribution in [1.29, 1.82) is 0 Å². The lowest BCUT2D eigenvalue weighted by Gasteiger charge is -2.25. The third kappa shape index (κ3) is 3.86. The summed E-state index contributed by atoms with van der Waals surface area (Å²) in [5.41, 5.74) is 1.69. The molecule has 2 aromatic carbocycles. The van der Waals surface area contributed by atoms with Crippen LogP contribution in [0.2, 0.25) is 0 Å². The predicted molar refractivity (Wildman–Crippen MR) is 104 cm³/mol. The van der Waals surface area contributed by atoms with E-state index in [1.54, 1.807) is 36.2 Å². The number of anilines is 1. The van der Waals surface area contributed by atoms with Crippen molar-refractivity contribution in [3.8, 4) is 0 Å². The molecule has 1 heterocycles. The van der Waals surface area contributed by atoms with Crippen LogP contribution in [0.15, 0.2) is 53.4 Å². The fraction of sp³-hybridized carbons (Fsp3) is 0.222. The molecular formula is C18H19N3O3S2. The second kappa shape index (κ2) is 7.05. The number of fused-ring (bicyclic) bond motifs is 1. The number of para-hydroxylation sites is 1. The van der Waals surface area contributed by atoms with Gasteiger partial charge in [0, 0.05) is 13.3 Å². The molecule has 2 amide bonds. The predicted octanol–water partition coefficient (Wildman–Crippen LogP) is 3.92. The summed E-state index contributed by atoms with van der Waals surface area (Å²) in [5, 5.41) is 3.36. The van der Waals surface area contributed by atoms with Crippen LogP contribution < -0.4 is 5.32 Å². The van der Waals surface area contributed by atoms with Crippen molar-refractivity contribution in [2.45, 2.75) is 17.9 Å². The van der Waals surface area contributed by atoms with Gasteiger partial charge in [0.1, 0.15) is 0 Å². The van der Waals surface area contributed by atoms with E-state index in [2.05, 4.69) is 10.3 Å². The lowest BCUT2D eigenvalue weighted by Crippen LogP contribution is -2.33. The van der Waals surface area contributed by atoms with Crippen molar-refractivity contribution >= 4 is 42.6 Å². The first kappa shape index (κ1) is 18.3. The van der Waals surface area contributed by atoms with E-state index in [1.165, 1.54) is 17.6 Å². The number of benzene rings is 2. The number of rotatable bonds is 4. The molecule has 1 atom stereocenters. The Kier molecular flexibility index (Phi) is 4.97. The highest BCUT2D eigenvalue weighted by molar-refractivity contribution is 7.90. The Morgan fingerprint density at radius 2 is 1.81 bits per heavy atom. The molecule has 136 valence electrons. The maximum absolute atomic E-state index is 12.5. The van der Waals surface area contributed by atoms with Gasteiger partial charge >= 0.3 is 6.03 Å². The molecule has 0 aliphatic heterocycles. The van der Waals surface area contributed by atoms with Crippen LogP contribution in [0.3, 0.4) is 0 Å². The quantitative estimate of drug-likeness (QED) is 0.733. The average molecular weight is 390 g/mol. The van der Waals surface area contributed by atoms with Gasteiger partial charge in [-0.05, 0) is 36.8 Å². The minimum Gasteiger partial charge on any atom is -0.321 e. The van der Waals surface area contributed by atoms with Gasteiger partial charge in [-0.3, -0.25) is 5.32 Å². The van der Waals surface area contributed by atoms with E-state index in [-0.39, 0.29) is 17.0 Å². The van der Waals surface area contributed by atoms with Gasteiger partial charge in [-0.1, -0.05) is 35.6 Å². The van der Waals surface area contributed by atoms with Gasteiger partial charge in [0.05, 0.1) is 21.2 Å². The second-order valence-electron chi connectivity index (χ2n) is 6.04. The molecule has 0 bridgehead atoms. The molecule has 0 aliphatic rings. The maximum atomic E-state index is 12.5. The first-order valence-corrected chi connectivity index (χ1v) is 10.7. The highest BCUT2D eigenvalue weighted by Crippen LogP contribution is 2.27. The minimum atomic E-state index is -3.24. The zero-order valence-electron chi connectivity index (χ0n) is 14.6. The van der Waals surface area contributed by atoms with E-state index in [4.69, 9.17) is 0 Å². The Labute approximate surface area is 156 Å². The van der Waals surface area contributed by atoms with Crippen LogP contribution in [0.5, 0.6) is 0 Å². The smallest absolute Gasteiger partial charge is 0.321 e. The molecule has 3 rings (SSSR count). The van der Waals surface area contributed by atoms with E-state index in [0.717, 1.165) is 15.8 Å². The van der Waals surface area contributed by atoms with E-state index in [9.17, 15) is 13.2 Å². The minimum absolute atomic E-state index is 0.224. The van der Waals surface area contributed by atoms with Crippen LogP contribution >= 0.6 is 11.3 Å². The molecule has 1 aromatic heterocycles. The first-order valence-electron chi connectivity index (χ1n) is 7.95. The van der Waals surface area contributed by atoms with E-state index >= 15 is 0 Å². The van der Waals surface area contributed by atoms with Crippen molar-refractivity contribution < 1.29 is 13.2 Å². The molecule has 0 fully saturated rings. The summed E-state index contributed by atoms with van der Waals surface area (Å²) in [4.78, 5) is 18.7. The number of hydrogen-bond donors (Lipinski definition) is 1. The molecule has 0 spiro atoms. The van der Waals surface area contributed by atoms with Gasteiger partial charge < -0.3 is 4.90 Å². The highest BCUT2D eigenvalue weighted by atomic mass is 32.2. The summed E-state index contributed by atoms with van der Waals surface area (Å²) in [6.07, 6.45) is 1.17. The van der Waals surface area contributed by atoms with E-state index < -0.39 is 9.84 Å². The molecule has 0 aliphatic carbocycles. The van der Waals surface area contributed by atoms with Crippen molar-refractivity contribution in [2.24, 2.45) is 0 Å². The summed E-state index contributed by atoms with van der Waals surface area (Å²) in [5.74, 6) is 0. The number of carbonyl (C=O) groups is 1. The zero-order valence-corrected chi connectivity index (χ0v) is 16.3. The number of thiazole rings is 1. The van der Waals surface area contributed by atoms with Crippen molar-refractivity contribution in [1.82, 2.24) is 9.88 Å². The van der Waals surface area contributed by atoms with Gasteiger partial charge in [0.2, 0.25) is 0 Å². The number of hydrogen-bond acceptors (Lipinski definition) is 5. The largest absolute Gasteiger partial charge is 0.323 e. The Bertz CT molecular complexity index is 1010. The summed E-state index contributed by atoms with van der Waals surface area (Å²) < 4.78 is 24.1. The number of nitrogens with zero attached hydrogens (tertiary/aromatic N) is 2. The van der Waals surface area contributed by atoms with Crippen molar-refractivity contribution in [3.05, 3.63) is 54.1 Å². The molecule has 0 unspecified atom stereocenters. The Hall–Kier alpha value is -2.45. The highest BCUT2D eigenvalue weighted by Gasteiger charge is 2.19. The lowest BCUT2D eigenvalue weighted by atomic mass is 10.1. The Morgan fingerprint density at radius 3 is 2.42 bits per heavy atom. The van der Waals surface area contributed by atoms with Gasteiger partial charge in [0.25, 0.3) is 0 Å². The first-order chi connectivity index (χ1) is 12.3. The molecule has 6 nitrogen and oxygen atoms in total. The Morgan fingerprint density at radius 1 is 1.15 bits per heavy atom. The van der Waals surface area contributed by atoms with Gasteiger partial charge in [-0.15, -0.1) is 0 Å². The number of nitrogens with one attached hydrogen (secondary N) is 1. The third-order valence-electron chi connectivity index (χ3n) is 4.20. The van der Waals surface area contributed by atoms with Gasteiger partial charge in [0.15, 0.2) is 15.0 Å². The summed E-state index contributed by atoms with van der Waals surface area (Å²) in [6, 6.07) is 13.8. The average Bonchev–Trinajstić information content (AvgIpc) is 3.02. The monoisotopic (exact) mass is 389 g/mol. The molecule has 0 saturated heterocycles. The number of carbonyl (C=O) groups excluding carboxylic acids is 1. The van der Waals surface area contributed by atoms with Crippen LogP contribution in [-0.2, 0) is 9.84 Å². The molecule has 1 N–H and O–H groups in total. The maximum Gasteiger partial charge on any atom is 0.323 e. The normalized spacial score (nSPS) is 12.7. The molecule has 0 radical (unpaired) electrons. The standard InChI is InChI=1S/C18H19N3O3S2/c1-12(13-8-10-14(11-9-13)26(3,23)24)21(2)18(22)20-17-19-15-6-4-5-7-16(15)25-17/h4-12H,1-3H3,(H,19,20,22)/t12-/m0/s1. The van der Waals surface area contributed by atoms with E-state index in [0.29, 0.717) is 5.13 Å². The van der Waals surface area contributed by atoms with Gasteiger partial charge in [-0.25, -0.2) is 18.2 Å². The Balaban J connectivity index is 1.72. The fourth-order valence-corrected chi connectivity index (χ4v) is 3.98. The van der Waals surface area contributed by atoms with Crippen LogP contribution in [0.4, 0.5) is 9.93 Å². The molecule has 3 aromatic rings. The molecule has 0 saturated carbocycles. The van der Waals surface area contributed by atoms with Gasteiger partial charge in [-0.2, -0.15) is 0 Å². The SMILES string of the molecule is C[C@@H](c1ccc(S(C)(=O)=O)cc1)N(C)C(=O)Nc1nc2ccccc2s1. The van der Waals surface area contributed by atoms with E-state index in [1.807, 2.05) is 31.2 Å². The third-order valence-corrected chi connectivity index (χ3v) is 6.28. The molecule has 26 heavy (non-hydrogen) atoms. The van der Waals surface area contributed by atoms with Crippen molar-refractivity contribution in [2.75, 3.05) is 18.6 Å². The summed E-state index contributed by atoms with van der Waals surface area (Å²) in [6.45, 7) is 1.88. The number of urea groups is 1. The molecular weight excluding hydrogens is 370 g/mol. The number of aromatic nitrogens is 1. The number of sulfone groups is 1. The van der Waals surface area contributed by atoms with Crippen molar-refractivity contribution in [3.63, 3.8) is 0 Å². The van der Waals surface area contributed by atoms with Crippen LogP contribution in [-0.4, -0.2) is 37.6 Å². The summed E-state index contributed by atoms with van der Waals surface area (Å²) in [7, 11) is -1.54. The zero-order chi connectivity index (χ0) is 18.9. The van der Waals surface area contributed by atoms with Crippen LogP contribution in [0.25, 0.3) is 10.2 Å². The second-order valence-corrected chi connectivity index (χ2v) is 9.09.